The van der Waals surface area contributed by atoms with Gasteiger partial charge in [0.2, 0.25) is 5.91 Å². The second kappa shape index (κ2) is 11.8. The molecule has 12 nitrogen and oxygen atoms in total. The van der Waals surface area contributed by atoms with E-state index in [9.17, 15) is 14.4 Å². The largest absolute Gasteiger partial charge is 0.481 e. The van der Waals surface area contributed by atoms with Crippen molar-refractivity contribution in [2.24, 2.45) is 10.7 Å². The number of nitrogens with zero attached hydrogens (tertiary/aromatic N) is 3. The van der Waals surface area contributed by atoms with E-state index in [-0.39, 0.29) is 36.1 Å². The Kier molecular flexibility index (Phi) is 8.93. The van der Waals surface area contributed by atoms with E-state index < -0.39 is 17.8 Å². The Morgan fingerprint density at radius 1 is 1.09 bits per heavy atom. The van der Waals surface area contributed by atoms with Crippen LogP contribution in [0.5, 0.6) is 0 Å². The van der Waals surface area contributed by atoms with Crippen LogP contribution in [-0.2, 0) is 9.59 Å². The molecule has 1 aromatic heterocycles. The lowest BCUT2D eigenvalue weighted by Gasteiger charge is -2.08. The normalized spacial score (nSPS) is 12.7. The number of guanidine groups is 1. The zero-order valence-electron chi connectivity index (χ0n) is 18.1. The van der Waals surface area contributed by atoms with Crippen LogP contribution in [0.2, 0.25) is 0 Å². The Labute approximate surface area is 190 Å². The Morgan fingerprint density at radius 3 is 2.52 bits per heavy atom. The molecule has 9 N–H and O–H groups in total. The molecule has 2 rings (SSSR count). The Morgan fingerprint density at radius 2 is 1.85 bits per heavy atom. The van der Waals surface area contributed by atoms with E-state index in [1.54, 1.807) is 19.1 Å². The summed E-state index contributed by atoms with van der Waals surface area (Å²) in [4.78, 5) is 46.3. The Bertz CT molecular complexity index is 1110. The molecule has 0 atom stereocenters. The molecule has 33 heavy (non-hydrogen) atoms. The number of nitrogens with two attached hydrogens (primary N) is 3. The maximum atomic E-state index is 12.2. The quantitative estimate of drug-likeness (QED) is 0.124. The van der Waals surface area contributed by atoms with Crippen LogP contribution in [0.25, 0.3) is 0 Å². The van der Waals surface area contributed by atoms with E-state index in [0.717, 1.165) is 12.0 Å². The highest BCUT2D eigenvalue weighted by Gasteiger charge is 2.15. The van der Waals surface area contributed by atoms with E-state index >= 15 is 0 Å². The van der Waals surface area contributed by atoms with Crippen molar-refractivity contribution in [3.63, 3.8) is 0 Å². The number of nitrogens with one attached hydrogen (secondary N) is 2. The molecule has 2 amide bonds. The monoisotopic (exact) mass is 454 g/mol. The summed E-state index contributed by atoms with van der Waals surface area (Å²) in [7, 11) is 0. The van der Waals surface area contributed by atoms with E-state index in [0.29, 0.717) is 30.8 Å². The predicted octanol–water partition coefficient (Wildman–Crippen LogP) is 0.279. The number of rotatable bonds is 10. The van der Waals surface area contributed by atoms with Gasteiger partial charge in [0.1, 0.15) is 5.82 Å². The molecule has 1 aromatic rings. The number of allylic oxidation sites excluding steroid dienone is 3. The van der Waals surface area contributed by atoms with Crippen LogP contribution in [0.3, 0.4) is 0 Å². The summed E-state index contributed by atoms with van der Waals surface area (Å²) in [5, 5.41) is 13.6. The highest BCUT2D eigenvalue weighted by atomic mass is 16.4. The van der Waals surface area contributed by atoms with Gasteiger partial charge in [-0.2, -0.15) is 0 Å². The topological polar surface area (TPSA) is 212 Å². The van der Waals surface area contributed by atoms with Gasteiger partial charge in [-0.05, 0) is 44.1 Å². The molecule has 12 heteroatoms. The summed E-state index contributed by atoms with van der Waals surface area (Å²) < 4.78 is 0. The first kappa shape index (κ1) is 24.9. The van der Waals surface area contributed by atoms with Gasteiger partial charge < -0.3 is 27.6 Å². The van der Waals surface area contributed by atoms with Gasteiger partial charge in [0, 0.05) is 18.5 Å². The van der Waals surface area contributed by atoms with Crippen LogP contribution in [0.4, 0.5) is 11.6 Å². The third-order valence-electron chi connectivity index (χ3n) is 4.38. The number of carbonyl (C=O) groups excluding carboxylic acids is 2. The molecule has 1 heterocycles. The van der Waals surface area contributed by atoms with E-state index in [1.165, 1.54) is 0 Å². The fraction of sp³-hybridized carbons (Fsp3) is 0.333. The lowest BCUT2D eigenvalue weighted by Crippen LogP contribution is -2.38. The van der Waals surface area contributed by atoms with Crippen LogP contribution in [0, 0.1) is 6.92 Å². The summed E-state index contributed by atoms with van der Waals surface area (Å²) in [5.74, 6) is -2.04. The van der Waals surface area contributed by atoms with Crippen molar-refractivity contribution >= 4 is 35.4 Å². The molecule has 0 radical (unpaired) electrons. The molecule has 0 spiro atoms. The van der Waals surface area contributed by atoms with Crippen molar-refractivity contribution in [1.29, 1.82) is 0 Å². The standard InChI is InChI=1S/C21H26N8O4/c1-12-18(22)28-19(23)17(26-12)20(33)29-21(24)25-11-3-2-4-13-5-7-14(8-6-13)27-15(30)9-10-16(31)32/h5,7H,2-4,9-11H2,1H3,(H,27,30)(H,31,32)(H4,22,23,28)(H3,24,25,29,33). The van der Waals surface area contributed by atoms with Crippen LogP contribution >= 0.6 is 0 Å². The highest BCUT2D eigenvalue weighted by Crippen LogP contribution is 2.12. The molecule has 0 aliphatic heterocycles. The molecular formula is C21H26N8O4. The first-order valence-electron chi connectivity index (χ1n) is 10.1. The van der Waals surface area contributed by atoms with Gasteiger partial charge >= 0.3 is 5.97 Å². The molecule has 0 bridgehead atoms. The van der Waals surface area contributed by atoms with Gasteiger partial charge in [-0.3, -0.25) is 24.7 Å². The minimum absolute atomic E-state index is 0.0569. The molecule has 0 fully saturated rings. The van der Waals surface area contributed by atoms with Crippen molar-refractivity contribution in [3.8, 4) is 0 Å². The maximum absolute atomic E-state index is 12.2. The predicted molar refractivity (Wildman–Crippen MR) is 122 cm³/mol. The van der Waals surface area contributed by atoms with E-state index in [4.69, 9.17) is 22.3 Å². The molecule has 0 unspecified atom stereocenters. The van der Waals surface area contributed by atoms with Crippen LogP contribution in [0.15, 0.2) is 39.9 Å². The number of carboxylic acid groups (broad SMARTS) is 1. The Balaban J connectivity index is 1.77. The van der Waals surface area contributed by atoms with Gasteiger partial charge in [0.05, 0.1) is 17.8 Å². The van der Waals surface area contributed by atoms with E-state index in [2.05, 4.69) is 37.1 Å². The van der Waals surface area contributed by atoms with Crippen LogP contribution in [0.1, 0.15) is 48.3 Å². The molecule has 174 valence electrons. The molecular weight excluding hydrogens is 428 g/mol. The molecule has 1 aliphatic carbocycles. The SMILES string of the molecule is Cc1nc(C(=O)NC(N)=NCCCCC2=C=C=C(NC(=O)CCC(=O)O)C=C2)c(N)nc1N. The number of carboxylic acids is 1. The number of aliphatic imine (C=N–C) groups is 1. The zero-order chi connectivity index (χ0) is 24.4. The minimum Gasteiger partial charge on any atom is -0.481 e. The molecule has 0 saturated heterocycles. The number of anilines is 2. The van der Waals surface area contributed by atoms with Crippen molar-refractivity contribution in [2.75, 3.05) is 18.0 Å². The van der Waals surface area contributed by atoms with Crippen LogP contribution in [-0.4, -0.2) is 45.4 Å². The Hall–Kier alpha value is -4.40. The third kappa shape index (κ3) is 8.33. The van der Waals surface area contributed by atoms with Crippen molar-refractivity contribution in [1.82, 2.24) is 20.6 Å². The first-order chi connectivity index (χ1) is 15.7. The number of aromatic nitrogens is 2. The lowest BCUT2D eigenvalue weighted by molar-refractivity contribution is -0.138. The smallest absolute Gasteiger partial charge is 0.303 e. The average Bonchev–Trinajstić information content (AvgIpc) is 2.75. The van der Waals surface area contributed by atoms with Crippen molar-refractivity contribution < 1.29 is 19.5 Å². The number of hydrogen-bond acceptors (Lipinski definition) is 8. The van der Waals surface area contributed by atoms with Crippen molar-refractivity contribution in [2.45, 2.75) is 39.0 Å². The van der Waals surface area contributed by atoms with Gasteiger partial charge in [-0.1, -0.05) is 5.73 Å². The first-order valence-corrected chi connectivity index (χ1v) is 10.1. The molecule has 0 saturated carbocycles. The van der Waals surface area contributed by atoms with Gasteiger partial charge in [0.15, 0.2) is 17.5 Å². The number of nitrogen functional groups attached to an aromatic ring is 2. The summed E-state index contributed by atoms with van der Waals surface area (Å²) in [5.41, 5.74) is 24.5. The fourth-order valence-electron chi connectivity index (χ4n) is 2.62. The van der Waals surface area contributed by atoms with Gasteiger partial charge in [0.25, 0.3) is 5.91 Å². The summed E-state index contributed by atoms with van der Waals surface area (Å²) in [6.07, 6.45) is 5.37. The number of unbranched alkanes of at least 4 members (excludes halogenated alkanes) is 1. The van der Waals surface area contributed by atoms with Crippen LogP contribution < -0.4 is 27.8 Å². The number of aryl methyl sites for hydroxylation is 1. The van der Waals surface area contributed by atoms with E-state index in [1.807, 2.05) is 0 Å². The molecule has 1 aliphatic rings. The van der Waals surface area contributed by atoms with Gasteiger partial charge in [-0.25, -0.2) is 9.97 Å². The molecule has 0 aromatic carbocycles. The van der Waals surface area contributed by atoms with Crippen molar-refractivity contribution in [3.05, 3.63) is 46.3 Å². The zero-order valence-corrected chi connectivity index (χ0v) is 18.1. The van der Waals surface area contributed by atoms with Gasteiger partial charge in [-0.15, -0.1) is 0 Å². The highest BCUT2D eigenvalue weighted by molar-refractivity contribution is 6.06. The number of carbonyl (C=O) groups is 3. The maximum Gasteiger partial charge on any atom is 0.303 e. The number of hydrogen-bond donors (Lipinski definition) is 6. The summed E-state index contributed by atoms with van der Waals surface area (Å²) >= 11 is 0. The number of aliphatic carboxylic acids is 1. The minimum atomic E-state index is -1.03. The second-order valence-corrected chi connectivity index (χ2v) is 7.07. The number of amides is 2. The lowest BCUT2D eigenvalue weighted by atomic mass is 10.1. The summed E-state index contributed by atoms with van der Waals surface area (Å²) in [6.45, 7) is 2.01. The fourth-order valence-corrected chi connectivity index (χ4v) is 2.62. The second-order valence-electron chi connectivity index (χ2n) is 7.07. The third-order valence-corrected chi connectivity index (χ3v) is 4.38. The average molecular weight is 454 g/mol. The summed E-state index contributed by atoms with van der Waals surface area (Å²) in [6, 6.07) is 0.